The maximum atomic E-state index is 12.8. The van der Waals surface area contributed by atoms with Crippen molar-refractivity contribution < 1.29 is 8.78 Å². The van der Waals surface area contributed by atoms with E-state index >= 15 is 0 Å². The van der Waals surface area contributed by atoms with Gasteiger partial charge in [0.1, 0.15) is 0 Å². The molecule has 0 aliphatic heterocycles. The summed E-state index contributed by atoms with van der Waals surface area (Å²) in [5.74, 6) is 0.344. The van der Waals surface area contributed by atoms with Crippen LogP contribution in [-0.4, -0.2) is 27.0 Å². The Hall–Kier alpha value is -1.89. The standard InChI is InChI=1S/C10H11F2N5/c1-10(13,9(11)12)7-4-2-3-6(5-7)8-14-16-17-15-8/h2-5,9H,13H2,1H3,(H,14,15,16,17). The molecule has 1 aromatic carbocycles. The Morgan fingerprint density at radius 1 is 1.41 bits per heavy atom. The van der Waals surface area contributed by atoms with Crippen LogP contribution in [0.5, 0.6) is 0 Å². The molecule has 1 atom stereocenters. The van der Waals surface area contributed by atoms with E-state index in [2.05, 4.69) is 20.6 Å². The zero-order chi connectivity index (χ0) is 12.5. The number of alkyl halides is 2. The number of nitrogens with one attached hydrogen (secondary N) is 1. The summed E-state index contributed by atoms with van der Waals surface area (Å²) in [4.78, 5) is 0. The molecule has 0 saturated carbocycles. The van der Waals surface area contributed by atoms with Crippen LogP contribution >= 0.6 is 0 Å². The maximum Gasteiger partial charge on any atom is 0.260 e. The predicted octanol–water partition coefficient (Wildman–Crippen LogP) is 1.31. The van der Waals surface area contributed by atoms with Gasteiger partial charge in [-0.25, -0.2) is 8.78 Å². The number of H-pyrrole nitrogens is 1. The summed E-state index contributed by atoms with van der Waals surface area (Å²) in [5, 5.41) is 13.3. The smallest absolute Gasteiger partial charge is 0.260 e. The molecule has 1 heterocycles. The van der Waals surface area contributed by atoms with Gasteiger partial charge in [0, 0.05) is 5.56 Å². The Labute approximate surface area is 96.0 Å². The summed E-state index contributed by atoms with van der Waals surface area (Å²) >= 11 is 0. The third kappa shape index (κ3) is 2.14. The van der Waals surface area contributed by atoms with E-state index < -0.39 is 12.0 Å². The van der Waals surface area contributed by atoms with E-state index in [0.717, 1.165) is 0 Å². The number of rotatable bonds is 3. The minimum absolute atomic E-state index is 0.329. The van der Waals surface area contributed by atoms with Crippen LogP contribution in [0.4, 0.5) is 8.78 Å². The normalized spacial score (nSPS) is 14.9. The molecule has 0 saturated heterocycles. The number of halogens is 2. The van der Waals surface area contributed by atoms with Crippen molar-refractivity contribution >= 4 is 0 Å². The molecular weight excluding hydrogens is 228 g/mol. The largest absolute Gasteiger partial charge is 0.317 e. The molecule has 1 unspecified atom stereocenters. The lowest BCUT2D eigenvalue weighted by Gasteiger charge is -2.24. The quantitative estimate of drug-likeness (QED) is 0.846. The predicted molar refractivity (Wildman–Crippen MR) is 57.2 cm³/mol. The van der Waals surface area contributed by atoms with Gasteiger partial charge in [-0.05, 0) is 23.8 Å². The van der Waals surface area contributed by atoms with Crippen LogP contribution in [0.25, 0.3) is 11.4 Å². The fraction of sp³-hybridized carbons (Fsp3) is 0.300. The van der Waals surface area contributed by atoms with E-state index in [1.807, 2.05) is 0 Å². The molecule has 2 rings (SSSR count). The lowest BCUT2D eigenvalue weighted by atomic mass is 9.92. The van der Waals surface area contributed by atoms with E-state index in [1.54, 1.807) is 18.2 Å². The SMILES string of the molecule is CC(N)(c1cccc(-c2nn[nH]n2)c1)C(F)F. The molecule has 2 aromatic rings. The highest BCUT2D eigenvalue weighted by Crippen LogP contribution is 2.27. The molecule has 90 valence electrons. The molecule has 0 radical (unpaired) electrons. The monoisotopic (exact) mass is 239 g/mol. The first-order chi connectivity index (χ1) is 8.01. The van der Waals surface area contributed by atoms with Gasteiger partial charge in [0.15, 0.2) is 0 Å². The molecule has 0 aliphatic rings. The van der Waals surface area contributed by atoms with Crippen LogP contribution in [0.15, 0.2) is 24.3 Å². The number of nitrogens with two attached hydrogens (primary N) is 1. The first kappa shape index (κ1) is 11.6. The number of benzene rings is 1. The first-order valence-electron chi connectivity index (χ1n) is 4.93. The second kappa shape index (κ2) is 4.17. The molecule has 0 spiro atoms. The number of aromatic amines is 1. The van der Waals surface area contributed by atoms with E-state index in [-0.39, 0.29) is 0 Å². The molecule has 0 fully saturated rings. The summed E-state index contributed by atoms with van der Waals surface area (Å²) in [6, 6.07) is 6.43. The molecule has 0 amide bonds. The van der Waals surface area contributed by atoms with Crippen LogP contribution < -0.4 is 5.73 Å². The van der Waals surface area contributed by atoms with Gasteiger partial charge in [-0.1, -0.05) is 18.2 Å². The van der Waals surface area contributed by atoms with Gasteiger partial charge in [0.25, 0.3) is 6.43 Å². The molecule has 7 heteroatoms. The zero-order valence-electron chi connectivity index (χ0n) is 9.06. The summed E-state index contributed by atoms with van der Waals surface area (Å²) in [6.07, 6.45) is -2.65. The second-order valence-corrected chi connectivity index (χ2v) is 3.90. The van der Waals surface area contributed by atoms with Gasteiger partial charge in [0.2, 0.25) is 5.82 Å². The van der Waals surface area contributed by atoms with Crippen LogP contribution in [0.1, 0.15) is 12.5 Å². The first-order valence-corrected chi connectivity index (χ1v) is 4.93. The lowest BCUT2D eigenvalue weighted by Crippen LogP contribution is -2.40. The highest BCUT2D eigenvalue weighted by molar-refractivity contribution is 5.55. The molecule has 3 N–H and O–H groups in total. The van der Waals surface area contributed by atoms with Crippen molar-refractivity contribution in [2.24, 2.45) is 5.73 Å². The molecule has 1 aromatic heterocycles. The van der Waals surface area contributed by atoms with Gasteiger partial charge >= 0.3 is 0 Å². The zero-order valence-corrected chi connectivity index (χ0v) is 9.06. The van der Waals surface area contributed by atoms with Gasteiger partial charge in [-0.2, -0.15) is 5.21 Å². The van der Waals surface area contributed by atoms with Crippen molar-refractivity contribution in [2.75, 3.05) is 0 Å². The minimum Gasteiger partial charge on any atom is -0.317 e. The van der Waals surface area contributed by atoms with Crippen molar-refractivity contribution in [1.82, 2.24) is 20.6 Å². The fourth-order valence-corrected chi connectivity index (χ4v) is 1.40. The second-order valence-electron chi connectivity index (χ2n) is 3.90. The number of hydrogen-bond acceptors (Lipinski definition) is 4. The summed E-state index contributed by atoms with van der Waals surface area (Å²) in [7, 11) is 0. The Balaban J connectivity index is 2.42. The van der Waals surface area contributed by atoms with E-state index in [0.29, 0.717) is 17.0 Å². The van der Waals surface area contributed by atoms with Crippen LogP contribution in [-0.2, 0) is 5.54 Å². The highest BCUT2D eigenvalue weighted by Gasteiger charge is 2.32. The fourth-order valence-electron chi connectivity index (χ4n) is 1.40. The summed E-state index contributed by atoms with van der Waals surface area (Å²) in [6.45, 7) is 1.28. The van der Waals surface area contributed by atoms with E-state index in [4.69, 9.17) is 5.73 Å². The maximum absolute atomic E-state index is 12.8. The number of aromatic nitrogens is 4. The van der Waals surface area contributed by atoms with Crippen LogP contribution in [0.3, 0.4) is 0 Å². The topological polar surface area (TPSA) is 80.5 Å². The average molecular weight is 239 g/mol. The molecule has 0 bridgehead atoms. The van der Waals surface area contributed by atoms with Crippen molar-refractivity contribution in [3.8, 4) is 11.4 Å². The Morgan fingerprint density at radius 3 is 2.76 bits per heavy atom. The van der Waals surface area contributed by atoms with Gasteiger partial charge in [-0.3, -0.25) is 0 Å². The van der Waals surface area contributed by atoms with Gasteiger partial charge in [0.05, 0.1) is 5.54 Å². The highest BCUT2D eigenvalue weighted by atomic mass is 19.3. The number of nitrogens with zero attached hydrogens (tertiary/aromatic N) is 3. The molecule has 0 aliphatic carbocycles. The number of tetrazole rings is 1. The van der Waals surface area contributed by atoms with Crippen LogP contribution in [0.2, 0.25) is 0 Å². The third-order valence-corrected chi connectivity index (χ3v) is 2.54. The summed E-state index contributed by atoms with van der Waals surface area (Å²) < 4.78 is 25.6. The van der Waals surface area contributed by atoms with Crippen molar-refractivity contribution in [3.63, 3.8) is 0 Å². The minimum atomic E-state index is -2.65. The van der Waals surface area contributed by atoms with Crippen molar-refractivity contribution in [1.29, 1.82) is 0 Å². The molecule has 17 heavy (non-hydrogen) atoms. The summed E-state index contributed by atoms with van der Waals surface area (Å²) in [5.41, 5.74) is 4.81. The van der Waals surface area contributed by atoms with Crippen LogP contribution in [0, 0.1) is 0 Å². The Morgan fingerprint density at radius 2 is 2.18 bits per heavy atom. The van der Waals surface area contributed by atoms with Crippen molar-refractivity contribution in [2.45, 2.75) is 18.9 Å². The van der Waals surface area contributed by atoms with Gasteiger partial charge in [-0.15, -0.1) is 10.2 Å². The number of hydrogen-bond donors (Lipinski definition) is 2. The van der Waals surface area contributed by atoms with Crippen molar-refractivity contribution in [3.05, 3.63) is 29.8 Å². The van der Waals surface area contributed by atoms with E-state index in [9.17, 15) is 8.78 Å². The average Bonchev–Trinajstić information content (AvgIpc) is 2.82. The Bertz CT molecular complexity index is 495. The molecular formula is C10H11F2N5. The Kier molecular flexibility index (Phi) is 2.84. The third-order valence-electron chi connectivity index (χ3n) is 2.54. The lowest BCUT2D eigenvalue weighted by molar-refractivity contribution is 0.0625. The van der Waals surface area contributed by atoms with E-state index in [1.165, 1.54) is 13.0 Å². The molecule has 5 nitrogen and oxygen atoms in total. The van der Waals surface area contributed by atoms with Gasteiger partial charge < -0.3 is 5.73 Å².